The van der Waals surface area contributed by atoms with Crippen LogP contribution in [0.15, 0.2) is 0 Å². The van der Waals surface area contributed by atoms with E-state index in [0.717, 1.165) is 11.5 Å². The van der Waals surface area contributed by atoms with E-state index in [2.05, 4.69) is 18.7 Å². The molecule has 0 radical (unpaired) electrons. The lowest BCUT2D eigenvalue weighted by Crippen LogP contribution is -2.57. The fraction of sp³-hybridized carbons (Fsp3) is 1.00. The van der Waals surface area contributed by atoms with Crippen LogP contribution >= 0.6 is 0 Å². The van der Waals surface area contributed by atoms with Gasteiger partial charge in [-0.3, -0.25) is 4.90 Å². The summed E-state index contributed by atoms with van der Waals surface area (Å²) in [6.45, 7) is 7.40. The van der Waals surface area contributed by atoms with Crippen LogP contribution in [0.1, 0.15) is 39.5 Å². The van der Waals surface area contributed by atoms with Crippen molar-refractivity contribution in [2.24, 2.45) is 5.41 Å². The van der Waals surface area contributed by atoms with Crippen LogP contribution in [0.4, 0.5) is 0 Å². The highest BCUT2D eigenvalue weighted by molar-refractivity contribution is 4.98. The van der Waals surface area contributed by atoms with Gasteiger partial charge in [0.1, 0.15) is 0 Å². The van der Waals surface area contributed by atoms with E-state index in [1.165, 1.54) is 38.8 Å². The smallest absolute Gasteiger partial charge is 0.00532 e. The predicted octanol–water partition coefficient (Wildman–Crippen LogP) is 2.27. The molecule has 2 fully saturated rings. The van der Waals surface area contributed by atoms with Crippen molar-refractivity contribution in [1.82, 2.24) is 4.90 Å². The minimum atomic E-state index is 0.779. The minimum Gasteiger partial charge on any atom is -0.300 e. The van der Waals surface area contributed by atoms with E-state index in [4.69, 9.17) is 0 Å². The molecule has 64 valence electrons. The molecule has 0 unspecified atom stereocenters. The van der Waals surface area contributed by atoms with Gasteiger partial charge in [-0.25, -0.2) is 0 Å². The van der Waals surface area contributed by atoms with Crippen molar-refractivity contribution in [1.29, 1.82) is 0 Å². The molecule has 2 rings (SSSR count). The Morgan fingerprint density at radius 1 is 1.09 bits per heavy atom. The monoisotopic (exact) mass is 153 g/mol. The highest BCUT2D eigenvalue weighted by Gasteiger charge is 2.44. The third kappa shape index (κ3) is 1.20. The van der Waals surface area contributed by atoms with Gasteiger partial charge in [-0.2, -0.15) is 0 Å². The molecule has 0 bridgehead atoms. The first-order valence-electron chi connectivity index (χ1n) is 4.96. The largest absolute Gasteiger partial charge is 0.300 e. The molecule has 1 saturated carbocycles. The second-order valence-electron chi connectivity index (χ2n) is 4.71. The van der Waals surface area contributed by atoms with Crippen molar-refractivity contribution in [3.05, 3.63) is 0 Å². The summed E-state index contributed by atoms with van der Waals surface area (Å²) < 4.78 is 0. The van der Waals surface area contributed by atoms with Gasteiger partial charge in [0.2, 0.25) is 0 Å². The van der Waals surface area contributed by atoms with Crippen LogP contribution in [0.5, 0.6) is 0 Å². The highest BCUT2D eigenvalue weighted by Crippen LogP contribution is 2.45. The molecular weight excluding hydrogens is 134 g/mol. The van der Waals surface area contributed by atoms with Crippen LogP contribution in [0.25, 0.3) is 0 Å². The lowest BCUT2D eigenvalue weighted by molar-refractivity contribution is -0.0166. The Morgan fingerprint density at radius 3 is 2.09 bits per heavy atom. The van der Waals surface area contributed by atoms with Gasteiger partial charge in [0.25, 0.3) is 0 Å². The van der Waals surface area contributed by atoms with E-state index < -0.39 is 0 Å². The molecule has 0 aromatic carbocycles. The molecule has 2 aliphatic rings. The third-order valence-corrected chi connectivity index (χ3v) is 3.47. The highest BCUT2D eigenvalue weighted by atomic mass is 15.2. The molecule has 1 aliphatic heterocycles. The maximum atomic E-state index is 2.60. The molecule has 1 aliphatic carbocycles. The Hall–Kier alpha value is -0.0400. The number of hydrogen-bond donors (Lipinski definition) is 0. The Kier molecular flexibility index (Phi) is 1.71. The quantitative estimate of drug-likeness (QED) is 0.558. The van der Waals surface area contributed by atoms with Crippen molar-refractivity contribution in [2.75, 3.05) is 13.1 Å². The van der Waals surface area contributed by atoms with Gasteiger partial charge in [0.15, 0.2) is 0 Å². The first-order chi connectivity index (χ1) is 5.22. The average Bonchev–Trinajstić information content (AvgIpc) is 2.29. The summed E-state index contributed by atoms with van der Waals surface area (Å²) in [7, 11) is 0. The van der Waals surface area contributed by atoms with Crippen molar-refractivity contribution in [3.8, 4) is 0 Å². The minimum absolute atomic E-state index is 0.779. The second-order valence-corrected chi connectivity index (χ2v) is 4.71. The van der Waals surface area contributed by atoms with Gasteiger partial charge in [-0.1, -0.05) is 12.8 Å². The SMILES string of the molecule is CC(C)N1CC2(CCCC2)C1. The topological polar surface area (TPSA) is 3.24 Å². The first-order valence-corrected chi connectivity index (χ1v) is 4.96. The summed E-state index contributed by atoms with van der Waals surface area (Å²) in [5, 5.41) is 0. The molecule has 1 spiro atoms. The van der Waals surface area contributed by atoms with Gasteiger partial charge in [0, 0.05) is 19.1 Å². The van der Waals surface area contributed by atoms with Crippen LogP contribution in [-0.4, -0.2) is 24.0 Å². The van der Waals surface area contributed by atoms with E-state index >= 15 is 0 Å². The van der Waals surface area contributed by atoms with E-state index in [9.17, 15) is 0 Å². The zero-order valence-electron chi connectivity index (χ0n) is 7.77. The molecule has 1 nitrogen and oxygen atoms in total. The van der Waals surface area contributed by atoms with E-state index in [-0.39, 0.29) is 0 Å². The molecule has 0 aromatic rings. The van der Waals surface area contributed by atoms with Crippen LogP contribution in [-0.2, 0) is 0 Å². The molecule has 1 heteroatoms. The van der Waals surface area contributed by atoms with Crippen LogP contribution in [0.3, 0.4) is 0 Å². The lowest BCUT2D eigenvalue weighted by Gasteiger charge is -2.50. The fourth-order valence-corrected chi connectivity index (χ4v) is 2.62. The fourth-order valence-electron chi connectivity index (χ4n) is 2.62. The Bertz CT molecular complexity index is 137. The van der Waals surface area contributed by atoms with Crippen molar-refractivity contribution >= 4 is 0 Å². The second kappa shape index (κ2) is 2.48. The number of rotatable bonds is 1. The van der Waals surface area contributed by atoms with Crippen molar-refractivity contribution in [3.63, 3.8) is 0 Å². The first kappa shape index (κ1) is 7.60. The summed E-state index contributed by atoms with van der Waals surface area (Å²) in [5.74, 6) is 0. The average molecular weight is 153 g/mol. The number of likely N-dealkylation sites (tertiary alicyclic amines) is 1. The Labute approximate surface area is 69.8 Å². The van der Waals surface area contributed by atoms with Crippen LogP contribution < -0.4 is 0 Å². The predicted molar refractivity (Wildman–Crippen MR) is 47.6 cm³/mol. The Morgan fingerprint density at radius 2 is 1.64 bits per heavy atom. The summed E-state index contributed by atoms with van der Waals surface area (Å²) in [5.41, 5.74) is 0.796. The van der Waals surface area contributed by atoms with E-state index in [1.54, 1.807) is 0 Å². The molecular formula is C10H19N. The summed E-state index contributed by atoms with van der Waals surface area (Å²) in [4.78, 5) is 2.60. The van der Waals surface area contributed by atoms with Crippen molar-refractivity contribution in [2.45, 2.75) is 45.6 Å². The van der Waals surface area contributed by atoms with Gasteiger partial charge >= 0.3 is 0 Å². The molecule has 0 amide bonds. The number of hydrogen-bond acceptors (Lipinski definition) is 1. The standard InChI is InChI=1S/C10H19N/c1-9(2)11-7-10(8-11)5-3-4-6-10/h9H,3-8H2,1-2H3. The van der Waals surface area contributed by atoms with Gasteiger partial charge in [-0.15, -0.1) is 0 Å². The zero-order chi connectivity index (χ0) is 7.90. The maximum absolute atomic E-state index is 2.60. The van der Waals surface area contributed by atoms with E-state index in [1.807, 2.05) is 0 Å². The van der Waals surface area contributed by atoms with E-state index in [0.29, 0.717) is 0 Å². The van der Waals surface area contributed by atoms with Gasteiger partial charge in [0.05, 0.1) is 0 Å². The summed E-state index contributed by atoms with van der Waals surface area (Å²) in [6, 6.07) is 0.779. The summed E-state index contributed by atoms with van der Waals surface area (Å²) in [6.07, 6.45) is 6.00. The Balaban J connectivity index is 1.86. The molecule has 1 saturated heterocycles. The third-order valence-electron chi connectivity index (χ3n) is 3.47. The molecule has 0 atom stereocenters. The zero-order valence-corrected chi connectivity index (χ0v) is 7.77. The maximum Gasteiger partial charge on any atom is 0.00532 e. The summed E-state index contributed by atoms with van der Waals surface area (Å²) >= 11 is 0. The molecule has 0 N–H and O–H groups in total. The van der Waals surface area contributed by atoms with Gasteiger partial charge < -0.3 is 0 Å². The van der Waals surface area contributed by atoms with Crippen LogP contribution in [0, 0.1) is 5.41 Å². The molecule has 0 aromatic heterocycles. The molecule has 11 heavy (non-hydrogen) atoms. The normalized spacial score (nSPS) is 29.7. The number of nitrogens with zero attached hydrogens (tertiary/aromatic N) is 1. The van der Waals surface area contributed by atoms with Crippen molar-refractivity contribution < 1.29 is 0 Å². The lowest BCUT2D eigenvalue weighted by atomic mass is 9.77. The molecule has 1 heterocycles. The van der Waals surface area contributed by atoms with Crippen LogP contribution in [0.2, 0.25) is 0 Å². The van der Waals surface area contributed by atoms with Gasteiger partial charge in [-0.05, 0) is 32.1 Å².